The first-order chi connectivity index (χ1) is 7.24. The third-order valence-corrected chi connectivity index (χ3v) is 2.79. The number of nitrogens with one attached hydrogen (secondary N) is 1. The van der Waals surface area contributed by atoms with Crippen LogP contribution in [0, 0.1) is 0 Å². The molecule has 0 atom stereocenters. The van der Waals surface area contributed by atoms with Crippen molar-refractivity contribution in [3.8, 4) is 0 Å². The Kier molecular flexibility index (Phi) is 5.41. The first kappa shape index (κ1) is 12.3. The van der Waals surface area contributed by atoms with Gasteiger partial charge in [0.05, 0.1) is 0 Å². The zero-order valence-corrected chi connectivity index (χ0v) is 10.2. The van der Waals surface area contributed by atoms with Gasteiger partial charge in [-0.2, -0.15) is 0 Å². The highest BCUT2D eigenvalue weighted by Gasteiger charge is 1.98. The fraction of sp³-hybridized carbons (Fsp3) is 0.571. The molecular formula is C14H23N. The number of hydrogen-bond acceptors (Lipinski definition) is 1. The highest BCUT2D eigenvalue weighted by Crippen LogP contribution is 2.15. The van der Waals surface area contributed by atoms with E-state index in [1.165, 1.54) is 30.4 Å². The summed E-state index contributed by atoms with van der Waals surface area (Å²) in [4.78, 5) is 0. The van der Waals surface area contributed by atoms with Crippen molar-refractivity contribution < 1.29 is 0 Å². The van der Waals surface area contributed by atoms with Gasteiger partial charge in [0.2, 0.25) is 0 Å². The van der Waals surface area contributed by atoms with Gasteiger partial charge in [-0.05, 0) is 49.9 Å². The van der Waals surface area contributed by atoms with Crippen LogP contribution in [-0.4, -0.2) is 13.6 Å². The van der Waals surface area contributed by atoms with E-state index in [1.54, 1.807) is 0 Å². The fourth-order valence-corrected chi connectivity index (χ4v) is 1.70. The van der Waals surface area contributed by atoms with E-state index in [0.29, 0.717) is 5.92 Å². The van der Waals surface area contributed by atoms with Crippen LogP contribution in [0.4, 0.5) is 0 Å². The molecule has 1 heteroatoms. The van der Waals surface area contributed by atoms with E-state index in [-0.39, 0.29) is 0 Å². The Morgan fingerprint density at radius 1 is 1.07 bits per heavy atom. The minimum Gasteiger partial charge on any atom is -0.320 e. The Morgan fingerprint density at radius 2 is 1.73 bits per heavy atom. The summed E-state index contributed by atoms with van der Waals surface area (Å²) in [6.45, 7) is 5.61. The molecule has 0 amide bonds. The molecule has 0 saturated heterocycles. The second kappa shape index (κ2) is 6.62. The van der Waals surface area contributed by atoms with Gasteiger partial charge in [-0.1, -0.05) is 38.1 Å². The van der Waals surface area contributed by atoms with Crippen LogP contribution in [0.5, 0.6) is 0 Å². The Hall–Kier alpha value is -0.820. The van der Waals surface area contributed by atoms with Gasteiger partial charge in [-0.15, -0.1) is 0 Å². The average molecular weight is 205 g/mol. The van der Waals surface area contributed by atoms with Crippen molar-refractivity contribution in [3.63, 3.8) is 0 Å². The first-order valence-corrected chi connectivity index (χ1v) is 5.97. The molecular weight excluding hydrogens is 182 g/mol. The normalized spacial score (nSPS) is 10.9. The van der Waals surface area contributed by atoms with Crippen molar-refractivity contribution in [2.75, 3.05) is 13.6 Å². The zero-order valence-electron chi connectivity index (χ0n) is 10.2. The first-order valence-electron chi connectivity index (χ1n) is 5.97. The summed E-state index contributed by atoms with van der Waals surface area (Å²) in [5.74, 6) is 0.642. The molecule has 1 aromatic carbocycles. The maximum Gasteiger partial charge on any atom is -0.00518 e. The number of benzene rings is 1. The van der Waals surface area contributed by atoms with Gasteiger partial charge < -0.3 is 5.32 Å². The molecule has 0 radical (unpaired) electrons. The Labute approximate surface area is 93.9 Å². The van der Waals surface area contributed by atoms with E-state index in [4.69, 9.17) is 0 Å². The highest BCUT2D eigenvalue weighted by molar-refractivity contribution is 5.24. The van der Waals surface area contributed by atoms with Crippen LogP contribution in [0.15, 0.2) is 24.3 Å². The lowest BCUT2D eigenvalue weighted by Gasteiger charge is -2.06. The molecule has 15 heavy (non-hydrogen) atoms. The standard InChI is InChI=1S/C14H23N/c1-12(2)14-9-7-13(8-10-14)6-4-5-11-15-3/h7-10,12,15H,4-6,11H2,1-3H3. The predicted octanol–water partition coefficient (Wildman–Crippen LogP) is 3.35. The number of rotatable bonds is 6. The minimum atomic E-state index is 0.642. The molecule has 0 spiro atoms. The van der Waals surface area contributed by atoms with Crippen molar-refractivity contribution in [1.82, 2.24) is 5.32 Å². The highest BCUT2D eigenvalue weighted by atomic mass is 14.8. The quantitative estimate of drug-likeness (QED) is 0.702. The van der Waals surface area contributed by atoms with E-state index >= 15 is 0 Å². The van der Waals surface area contributed by atoms with Gasteiger partial charge in [-0.25, -0.2) is 0 Å². The van der Waals surface area contributed by atoms with Gasteiger partial charge in [0, 0.05) is 0 Å². The monoisotopic (exact) mass is 205 g/mol. The van der Waals surface area contributed by atoms with Crippen LogP contribution < -0.4 is 5.32 Å². The third-order valence-electron chi connectivity index (χ3n) is 2.79. The van der Waals surface area contributed by atoms with Crippen LogP contribution in [0.3, 0.4) is 0 Å². The van der Waals surface area contributed by atoms with Crippen molar-refractivity contribution in [3.05, 3.63) is 35.4 Å². The van der Waals surface area contributed by atoms with Crippen LogP contribution >= 0.6 is 0 Å². The molecule has 0 fully saturated rings. The van der Waals surface area contributed by atoms with E-state index in [2.05, 4.69) is 43.4 Å². The smallest absolute Gasteiger partial charge is 0.00518 e. The number of aryl methyl sites for hydroxylation is 1. The molecule has 0 heterocycles. The van der Waals surface area contributed by atoms with E-state index in [9.17, 15) is 0 Å². The molecule has 1 aromatic rings. The molecule has 0 aliphatic rings. The molecule has 0 aromatic heterocycles. The van der Waals surface area contributed by atoms with E-state index < -0.39 is 0 Å². The lowest BCUT2D eigenvalue weighted by atomic mass is 10.00. The fourth-order valence-electron chi connectivity index (χ4n) is 1.70. The maximum absolute atomic E-state index is 3.18. The second-order valence-electron chi connectivity index (χ2n) is 4.46. The van der Waals surface area contributed by atoms with Crippen molar-refractivity contribution in [1.29, 1.82) is 0 Å². The molecule has 84 valence electrons. The lowest BCUT2D eigenvalue weighted by Crippen LogP contribution is -2.07. The SMILES string of the molecule is CNCCCCc1ccc(C(C)C)cc1. The minimum absolute atomic E-state index is 0.642. The molecule has 1 N–H and O–H groups in total. The van der Waals surface area contributed by atoms with Gasteiger partial charge in [0.1, 0.15) is 0 Å². The number of unbranched alkanes of at least 4 members (excludes halogenated alkanes) is 1. The molecule has 0 bridgehead atoms. The van der Waals surface area contributed by atoms with Gasteiger partial charge in [0.25, 0.3) is 0 Å². The molecule has 0 aliphatic carbocycles. The summed E-state index contributed by atoms with van der Waals surface area (Å²) in [5.41, 5.74) is 2.91. The number of hydrogen-bond donors (Lipinski definition) is 1. The summed E-state index contributed by atoms with van der Waals surface area (Å²) >= 11 is 0. The van der Waals surface area contributed by atoms with Crippen LogP contribution in [0.2, 0.25) is 0 Å². The molecule has 0 unspecified atom stereocenters. The van der Waals surface area contributed by atoms with Crippen LogP contribution in [0.25, 0.3) is 0 Å². The van der Waals surface area contributed by atoms with E-state index in [1.807, 2.05) is 7.05 Å². The van der Waals surface area contributed by atoms with Gasteiger partial charge in [0.15, 0.2) is 0 Å². The summed E-state index contributed by atoms with van der Waals surface area (Å²) < 4.78 is 0. The van der Waals surface area contributed by atoms with Gasteiger partial charge >= 0.3 is 0 Å². The van der Waals surface area contributed by atoms with Crippen LogP contribution in [-0.2, 0) is 6.42 Å². The second-order valence-corrected chi connectivity index (χ2v) is 4.46. The van der Waals surface area contributed by atoms with Crippen molar-refractivity contribution >= 4 is 0 Å². The molecule has 1 rings (SSSR count). The van der Waals surface area contributed by atoms with Gasteiger partial charge in [-0.3, -0.25) is 0 Å². The summed E-state index contributed by atoms with van der Waals surface area (Å²) in [6.07, 6.45) is 3.75. The molecule has 0 saturated carbocycles. The topological polar surface area (TPSA) is 12.0 Å². The Balaban J connectivity index is 2.36. The van der Waals surface area contributed by atoms with Crippen molar-refractivity contribution in [2.45, 2.75) is 39.0 Å². The summed E-state index contributed by atoms with van der Waals surface area (Å²) in [5, 5.41) is 3.18. The zero-order chi connectivity index (χ0) is 11.1. The lowest BCUT2D eigenvalue weighted by molar-refractivity contribution is 0.677. The molecule has 0 aliphatic heterocycles. The Bertz CT molecular complexity index is 261. The van der Waals surface area contributed by atoms with E-state index in [0.717, 1.165) is 6.54 Å². The summed E-state index contributed by atoms with van der Waals surface area (Å²) in [6, 6.07) is 9.07. The third kappa shape index (κ3) is 4.48. The van der Waals surface area contributed by atoms with Crippen molar-refractivity contribution in [2.24, 2.45) is 0 Å². The molecule has 1 nitrogen and oxygen atoms in total. The predicted molar refractivity (Wildman–Crippen MR) is 67.4 cm³/mol. The Morgan fingerprint density at radius 3 is 2.27 bits per heavy atom. The summed E-state index contributed by atoms with van der Waals surface area (Å²) in [7, 11) is 2.01. The maximum atomic E-state index is 3.18. The largest absolute Gasteiger partial charge is 0.320 e. The van der Waals surface area contributed by atoms with Crippen LogP contribution in [0.1, 0.15) is 43.7 Å². The average Bonchev–Trinajstić information content (AvgIpc) is 2.25.